The number of nitrogens with one attached hydrogen (secondary N) is 4. The van der Waals surface area contributed by atoms with Crippen molar-refractivity contribution in [3.63, 3.8) is 0 Å². The van der Waals surface area contributed by atoms with Gasteiger partial charge >= 0.3 is 12.2 Å². The molecule has 34 heavy (non-hydrogen) atoms. The third kappa shape index (κ3) is 14.6. The summed E-state index contributed by atoms with van der Waals surface area (Å²) in [4.78, 5) is 49.0. The van der Waals surface area contributed by atoms with Gasteiger partial charge in [0.05, 0.1) is 0 Å². The van der Waals surface area contributed by atoms with Crippen molar-refractivity contribution in [1.29, 1.82) is 0 Å². The molecule has 0 saturated carbocycles. The molecule has 4 amide bonds. The quantitative estimate of drug-likeness (QED) is 0.332. The smallest absolute Gasteiger partial charge is 0.408 e. The van der Waals surface area contributed by atoms with Crippen LogP contribution in [0.4, 0.5) is 9.59 Å². The van der Waals surface area contributed by atoms with E-state index in [0.29, 0.717) is 25.9 Å². The number of unbranched alkanes of at least 4 members (excludes halogenated alkanes) is 1. The van der Waals surface area contributed by atoms with Crippen LogP contribution < -0.4 is 21.3 Å². The summed E-state index contributed by atoms with van der Waals surface area (Å²) < 4.78 is 10.5. The summed E-state index contributed by atoms with van der Waals surface area (Å²) in [7, 11) is 0. The molecular weight excluding hydrogens is 440 g/mol. The summed E-state index contributed by atoms with van der Waals surface area (Å²) in [5.74, 6) is -0.799. The highest BCUT2D eigenvalue weighted by Crippen LogP contribution is 2.10. The molecule has 0 aromatic heterocycles. The van der Waals surface area contributed by atoms with Gasteiger partial charge in [-0.05, 0) is 66.2 Å². The average Bonchev–Trinajstić information content (AvgIpc) is 2.63. The second-order valence-corrected chi connectivity index (χ2v) is 11.0. The Kier molecular flexibility index (Phi) is 13.0. The molecule has 0 bridgehead atoms. The van der Waals surface area contributed by atoms with Crippen molar-refractivity contribution in [3.8, 4) is 0 Å². The number of ether oxygens (including phenoxy) is 2. The van der Waals surface area contributed by atoms with Crippen LogP contribution in [0.5, 0.6) is 0 Å². The van der Waals surface area contributed by atoms with Crippen LogP contribution in [0.2, 0.25) is 0 Å². The van der Waals surface area contributed by atoms with Gasteiger partial charge in [0.1, 0.15) is 23.3 Å². The Morgan fingerprint density at radius 2 is 0.912 bits per heavy atom. The molecule has 0 unspecified atom stereocenters. The van der Waals surface area contributed by atoms with E-state index in [2.05, 4.69) is 21.3 Å². The van der Waals surface area contributed by atoms with E-state index in [1.165, 1.54) is 0 Å². The molecule has 198 valence electrons. The number of carbonyl (C=O) groups is 4. The first-order chi connectivity index (χ1) is 15.4. The van der Waals surface area contributed by atoms with E-state index in [4.69, 9.17) is 9.47 Å². The van der Waals surface area contributed by atoms with E-state index in [-0.39, 0.29) is 23.7 Å². The van der Waals surface area contributed by atoms with Crippen LogP contribution in [0, 0.1) is 11.8 Å². The molecule has 4 N–H and O–H groups in total. The van der Waals surface area contributed by atoms with E-state index in [9.17, 15) is 19.2 Å². The molecule has 0 aromatic rings. The van der Waals surface area contributed by atoms with Crippen LogP contribution in [-0.2, 0) is 19.1 Å². The minimum absolute atomic E-state index is 0.114. The zero-order chi connectivity index (χ0) is 26.7. The topological polar surface area (TPSA) is 135 Å². The van der Waals surface area contributed by atoms with Crippen molar-refractivity contribution in [2.75, 3.05) is 13.1 Å². The summed E-state index contributed by atoms with van der Waals surface area (Å²) in [6.45, 7) is 18.7. The monoisotopic (exact) mass is 486 g/mol. The Hall–Kier alpha value is -2.52. The molecule has 2 atom stereocenters. The molecule has 0 rings (SSSR count). The van der Waals surface area contributed by atoms with Gasteiger partial charge in [-0.15, -0.1) is 0 Å². The summed E-state index contributed by atoms with van der Waals surface area (Å²) in [5, 5.41) is 10.9. The Labute approximate surface area is 204 Å². The lowest BCUT2D eigenvalue weighted by Gasteiger charge is -2.25. The minimum atomic E-state index is -0.708. The Morgan fingerprint density at radius 3 is 1.15 bits per heavy atom. The fourth-order valence-electron chi connectivity index (χ4n) is 2.83. The van der Waals surface area contributed by atoms with E-state index >= 15 is 0 Å². The highest BCUT2D eigenvalue weighted by molar-refractivity contribution is 5.86. The molecule has 10 nitrogen and oxygen atoms in total. The van der Waals surface area contributed by atoms with Crippen molar-refractivity contribution in [1.82, 2.24) is 21.3 Å². The molecule has 0 aromatic carbocycles. The predicted molar refractivity (Wildman–Crippen MR) is 131 cm³/mol. The van der Waals surface area contributed by atoms with E-state index in [1.807, 2.05) is 27.7 Å². The maximum Gasteiger partial charge on any atom is 0.408 e. The standard InChI is InChI=1S/C24H46N4O6/c1-15(2)17(27-21(31)33-23(5,6)7)19(29)25-13-11-12-14-26-20(30)18(16(3)4)28-22(32)34-24(8,9)10/h15-18H,11-14H2,1-10H3,(H,25,29)(H,26,30)(H,27,31)(H,28,32)/t17-,18-/m0/s1. The number of carbonyl (C=O) groups excluding carboxylic acids is 4. The van der Waals surface area contributed by atoms with Crippen LogP contribution >= 0.6 is 0 Å². The fourth-order valence-corrected chi connectivity index (χ4v) is 2.83. The van der Waals surface area contributed by atoms with Gasteiger partial charge in [-0.25, -0.2) is 9.59 Å². The van der Waals surface area contributed by atoms with Crippen LogP contribution in [0.3, 0.4) is 0 Å². The maximum atomic E-state index is 12.5. The highest BCUT2D eigenvalue weighted by atomic mass is 16.6. The number of hydrogen-bond donors (Lipinski definition) is 4. The van der Waals surface area contributed by atoms with Crippen molar-refractivity contribution >= 4 is 24.0 Å². The predicted octanol–water partition coefficient (Wildman–Crippen LogP) is 3.10. The number of hydrogen-bond acceptors (Lipinski definition) is 6. The average molecular weight is 487 g/mol. The first kappa shape index (κ1) is 31.5. The molecule has 0 spiro atoms. The molecule has 0 aliphatic carbocycles. The van der Waals surface area contributed by atoms with Gasteiger partial charge in [0.25, 0.3) is 0 Å². The lowest BCUT2D eigenvalue weighted by atomic mass is 10.0. The molecule has 0 aliphatic rings. The second-order valence-electron chi connectivity index (χ2n) is 11.0. The number of rotatable bonds is 11. The summed E-state index contributed by atoms with van der Waals surface area (Å²) in [6, 6.07) is -1.42. The minimum Gasteiger partial charge on any atom is -0.444 e. The Bertz CT molecular complexity index is 622. The first-order valence-electron chi connectivity index (χ1n) is 12.0. The Balaban J connectivity index is 4.44. The lowest BCUT2D eigenvalue weighted by molar-refractivity contribution is -0.125. The zero-order valence-corrected chi connectivity index (χ0v) is 22.6. The summed E-state index contributed by atoms with van der Waals surface area (Å²) in [6.07, 6.45) is -0.00273. The molecule has 10 heteroatoms. The van der Waals surface area contributed by atoms with Gasteiger partial charge in [0, 0.05) is 13.1 Å². The van der Waals surface area contributed by atoms with Gasteiger partial charge in [0.2, 0.25) is 11.8 Å². The molecule has 0 aliphatic heterocycles. The van der Waals surface area contributed by atoms with Crippen LogP contribution in [0.25, 0.3) is 0 Å². The van der Waals surface area contributed by atoms with Crippen LogP contribution in [0.1, 0.15) is 82.1 Å². The molecule has 0 radical (unpaired) electrons. The van der Waals surface area contributed by atoms with E-state index in [0.717, 1.165) is 0 Å². The van der Waals surface area contributed by atoms with Gasteiger partial charge in [0.15, 0.2) is 0 Å². The number of amides is 4. The third-order valence-electron chi connectivity index (χ3n) is 4.44. The first-order valence-corrected chi connectivity index (χ1v) is 12.0. The SMILES string of the molecule is CC(C)[C@H](NC(=O)OC(C)(C)C)C(=O)NCCCCNC(=O)[C@@H](NC(=O)OC(C)(C)C)C(C)C. The maximum absolute atomic E-state index is 12.5. The largest absolute Gasteiger partial charge is 0.444 e. The third-order valence-corrected chi connectivity index (χ3v) is 4.44. The van der Waals surface area contributed by atoms with Gasteiger partial charge < -0.3 is 30.7 Å². The van der Waals surface area contributed by atoms with Crippen LogP contribution in [-0.4, -0.2) is 60.4 Å². The molecule has 0 fully saturated rings. The van der Waals surface area contributed by atoms with E-state index in [1.54, 1.807) is 41.5 Å². The molecule has 0 saturated heterocycles. The summed E-state index contributed by atoms with van der Waals surface area (Å²) >= 11 is 0. The van der Waals surface area contributed by atoms with E-state index < -0.39 is 35.5 Å². The Morgan fingerprint density at radius 1 is 0.618 bits per heavy atom. The van der Waals surface area contributed by atoms with Gasteiger partial charge in [-0.1, -0.05) is 27.7 Å². The van der Waals surface area contributed by atoms with Gasteiger partial charge in [-0.2, -0.15) is 0 Å². The molecular formula is C24H46N4O6. The molecule has 0 heterocycles. The van der Waals surface area contributed by atoms with Crippen LogP contribution in [0.15, 0.2) is 0 Å². The zero-order valence-electron chi connectivity index (χ0n) is 22.6. The lowest BCUT2D eigenvalue weighted by Crippen LogP contribution is -2.51. The fraction of sp³-hybridized carbons (Fsp3) is 0.833. The van der Waals surface area contributed by atoms with Crippen molar-refractivity contribution in [2.45, 2.75) is 105 Å². The summed E-state index contributed by atoms with van der Waals surface area (Å²) in [5.41, 5.74) is -1.30. The van der Waals surface area contributed by atoms with Crippen molar-refractivity contribution < 1.29 is 28.7 Å². The van der Waals surface area contributed by atoms with Crippen molar-refractivity contribution in [2.24, 2.45) is 11.8 Å². The normalized spacial score (nSPS) is 13.6. The highest BCUT2D eigenvalue weighted by Gasteiger charge is 2.28. The van der Waals surface area contributed by atoms with Gasteiger partial charge in [-0.3, -0.25) is 9.59 Å². The number of alkyl carbamates (subject to hydrolysis) is 2. The van der Waals surface area contributed by atoms with Crippen molar-refractivity contribution in [3.05, 3.63) is 0 Å². The second kappa shape index (κ2) is 14.0.